The molecular weight excluding hydrogens is 399 g/mol. The van der Waals surface area contributed by atoms with Gasteiger partial charge < -0.3 is 4.74 Å². The molecule has 2 aromatic rings. The molecule has 1 saturated heterocycles. The number of imide groups is 1. The van der Waals surface area contributed by atoms with E-state index < -0.39 is 12.3 Å². The molecule has 0 aromatic heterocycles. The summed E-state index contributed by atoms with van der Waals surface area (Å²) in [4.78, 5) is 28.4. The predicted molar refractivity (Wildman–Crippen MR) is 109 cm³/mol. The number of nitrogens with zero attached hydrogens (tertiary/aromatic N) is 2. The summed E-state index contributed by atoms with van der Waals surface area (Å²) in [5.74, 6) is -0.377. The Balaban J connectivity index is 2.07. The van der Waals surface area contributed by atoms with E-state index in [1.807, 2.05) is 42.2 Å². The monoisotopic (exact) mass is 418 g/mol. The second kappa shape index (κ2) is 8.78. The first kappa shape index (κ1) is 20.4. The summed E-state index contributed by atoms with van der Waals surface area (Å²) in [7, 11) is 0. The second-order valence-corrected chi connectivity index (χ2v) is 7.21. The van der Waals surface area contributed by atoms with Crippen molar-refractivity contribution in [2.45, 2.75) is 19.1 Å². The van der Waals surface area contributed by atoms with Crippen LogP contribution in [0.5, 0.6) is 0 Å². The van der Waals surface area contributed by atoms with Crippen molar-refractivity contribution in [3.8, 4) is 0 Å². The number of halogens is 2. The van der Waals surface area contributed by atoms with Crippen molar-refractivity contribution in [2.75, 3.05) is 13.2 Å². The Kier molecular flexibility index (Phi) is 6.39. The van der Waals surface area contributed by atoms with Crippen molar-refractivity contribution in [2.24, 2.45) is 0 Å². The smallest absolute Gasteiger partial charge is 0.418 e. The van der Waals surface area contributed by atoms with Gasteiger partial charge in [0.15, 0.2) is 0 Å². The van der Waals surface area contributed by atoms with Gasteiger partial charge in [0, 0.05) is 21.7 Å². The molecule has 0 radical (unpaired) electrons. The van der Waals surface area contributed by atoms with Gasteiger partial charge in [-0.1, -0.05) is 72.3 Å². The lowest BCUT2D eigenvalue weighted by atomic mass is 10.0. The van der Waals surface area contributed by atoms with Crippen molar-refractivity contribution < 1.29 is 14.3 Å². The number of hydrogen-bond acceptors (Lipinski definition) is 4. The largest absolute Gasteiger partial charge is 0.445 e. The Morgan fingerprint density at radius 1 is 1.21 bits per heavy atom. The van der Waals surface area contributed by atoms with Crippen LogP contribution in [-0.2, 0) is 9.53 Å². The van der Waals surface area contributed by atoms with E-state index in [0.717, 1.165) is 10.5 Å². The maximum Gasteiger partial charge on any atom is 0.418 e. The molecule has 7 heteroatoms. The van der Waals surface area contributed by atoms with E-state index in [-0.39, 0.29) is 25.1 Å². The molecule has 2 amide bonds. The van der Waals surface area contributed by atoms with Gasteiger partial charge in [-0.2, -0.15) is 0 Å². The van der Waals surface area contributed by atoms with Gasteiger partial charge in [0.1, 0.15) is 12.8 Å². The fourth-order valence-electron chi connectivity index (χ4n) is 3.33. The third kappa shape index (κ3) is 3.92. The molecule has 0 N–H and O–H groups in total. The average Bonchev–Trinajstić information content (AvgIpc) is 3.03. The highest BCUT2D eigenvalue weighted by Crippen LogP contribution is 2.43. The van der Waals surface area contributed by atoms with Gasteiger partial charge >= 0.3 is 6.09 Å². The van der Waals surface area contributed by atoms with Gasteiger partial charge in [0.2, 0.25) is 5.91 Å². The van der Waals surface area contributed by atoms with Crippen molar-refractivity contribution in [3.63, 3.8) is 0 Å². The average molecular weight is 419 g/mol. The normalized spacial score (nSPS) is 18.2. The van der Waals surface area contributed by atoms with Gasteiger partial charge in [-0.25, -0.2) is 9.69 Å². The summed E-state index contributed by atoms with van der Waals surface area (Å²) in [6.07, 6.45) is -0.0878. The lowest BCUT2D eigenvalue weighted by Crippen LogP contribution is -2.38. The zero-order valence-electron chi connectivity index (χ0n) is 15.3. The van der Waals surface area contributed by atoms with Crippen LogP contribution in [-0.4, -0.2) is 35.0 Å². The number of carbonyl (C=O) groups excluding carboxylic acids is 2. The molecule has 28 heavy (non-hydrogen) atoms. The Hall–Kier alpha value is -2.34. The highest BCUT2D eigenvalue weighted by atomic mass is 35.5. The van der Waals surface area contributed by atoms with E-state index >= 15 is 0 Å². The molecule has 5 nitrogen and oxygen atoms in total. The molecule has 1 fully saturated rings. The number of benzene rings is 2. The summed E-state index contributed by atoms with van der Waals surface area (Å²) in [6.45, 7) is 5.54. The van der Waals surface area contributed by atoms with Crippen molar-refractivity contribution >= 4 is 35.2 Å². The molecule has 2 aromatic carbocycles. The Bertz CT molecular complexity index is 868. The minimum absolute atomic E-state index is 0.000172. The SMILES string of the molecule is C=CCOC(=O)N1C(=O)CN([C@@H](C)c2ccccc2)[C@H]1c1c(Cl)cccc1Cl. The number of ether oxygens (including phenoxy) is 1. The summed E-state index contributed by atoms with van der Waals surface area (Å²) in [5.41, 5.74) is 1.50. The topological polar surface area (TPSA) is 49.9 Å². The molecule has 0 saturated carbocycles. The van der Waals surface area contributed by atoms with Crippen LogP contribution in [0, 0.1) is 0 Å². The molecule has 3 rings (SSSR count). The van der Waals surface area contributed by atoms with Crippen LogP contribution < -0.4 is 0 Å². The van der Waals surface area contributed by atoms with E-state index in [4.69, 9.17) is 27.9 Å². The quantitative estimate of drug-likeness (QED) is 0.624. The summed E-state index contributed by atoms with van der Waals surface area (Å²) >= 11 is 12.9. The number of rotatable bonds is 5. The standard InChI is InChI=1S/C21H20Cl2N2O3/c1-3-12-28-21(27)25-18(26)13-24(14(2)15-8-5-4-6-9-15)20(25)19-16(22)10-7-11-17(19)23/h3-11,14,20H,1,12-13H2,2H3/t14-,20+/m0/s1. The second-order valence-electron chi connectivity index (χ2n) is 6.40. The lowest BCUT2D eigenvalue weighted by Gasteiger charge is -2.33. The number of hydrogen-bond donors (Lipinski definition) is 0. The minimum Gasteiger partial charge on any atom is -0.445 e. The van der Waals surface area contributed by atoms with E-state index in [9.17, 15) is 9.59 Å². The highest BCUT2D eigenvalue weighted by Gasteiger charge is 2.47. The highest BCUT2D eigenvalue weighted by molar-refractivity contribution is 6.36. The third-order valence-electron chi connectivity index (χ3n) is 4.70. The van der Waals surface area contributed by atoms with Crippen molar-refractivity contribution in [1.29, 1.82) is 0 Å². The molecule has 0 spiro atoms. The molecule has 0 aliphatic carbocycles. The fraction of sp³-hybridized carbons (Fsp3) is 0.238. The van der Waals surface area contributed by atoms with Crippen LogP contribution in [0.25, 0.3) is 0 Å². The van der Waals surface area contributed by atoms with Gasteiger partial charge in [-0.15, -0.1) is 0 Å². The molecular formula is C21H20Cl2N2O3. The van der Waals surface area contributed by atoms with E-state index in [0.29, 0.717) is 15.6 Å². The molecule has 146 valence electrons. The molecule has 0 unspecified atom stereocenters. The van der Waals surface area contributed by atoms with Crippen LogP contribution in [0.3, 0.4) is 0 Å². The van der Waals surface area contributed by atoms with E-state index in [1.54, 1.807) is 18.2 Å². The van der Waals surface area contributed by atoms with Crippen LogP contribution in [0.4, 0.5) is 4.79 Å². The molecule has 1 heterocycles. The number of amides is 2. The van der Waals surface area contributed by atoms with Gasteiger partial charge in [0.05, 0.1) is 6.54 Å². The first-order valence-corrected chi connectivity index (χ1v) is 9.55. The van der Waals surface area contributed by atoms with E-state index in [2.05, 4.69) is 6.58 Å². The van der Waals surface area contributed by atoms with Crippen LogP contribution in [0.1, 0.15) is 30.3 Å². The number of carbonyl (C=O) groups is 2. The fourth-order valence-corrected chi connectivity index (χ4v) is 3.92. The third-order valence-corrected chi connectivity index (χ3v) is 5.36. The summed E-state index contributed by atoms with van der Waals surface area (Å²) < 4.78 is 5.15. The van der Waals surface area contributed by atoms with E-state index in [1.165, 1.54) is 6.08 Å². The molecule has 1 aliphatic rings. The van der Waals surface area contributed by atoms with Gasteiger partial charge in [0.25, 0.3) is 0 Å². The summed E-state index contributed by atoms with van der Waals surface area (Å²) in [6, 6.07) is 14.6. The van der Waals surface area contributed by atoms with Crippen LogP contribution in [0.2, 0.25) is 10.0 Å². The van der Waals surface area contributed by atoms with Crippen LogP contribution in [0.15, 0.2) is 61.2 Å². The van der Waals surface area contributed by atoms with Gasteiger partial charge in [-0.3, -0.25) is 9.69 Å². The first-order chi connectivity index (χ1) is 13.5. The van der Waals surface area contributed by atoms with Crippen molar-refractivity contribution in [1.82, 2.24) is 9.80 Å². The minimum atomic E-state index is -0.777. The Morgan fingerprint density at radius 3 is 2.46 bits per heavy atom. The molecule has 0 bridgehead atoms. The zero-order valence-corrected chi connectivity index (χ0v) is 16.9. The summed E-state index contributed by atoms with van der Waals surface area (Å²) in [5, 5.41) is 0.748. The molecule has 1 aliphatic heterocycles. The molecule has 2 atom stereocenters. The van der Waals surface area contributed by atoms with Gasteiger partial charge in [-0.05, 0) is 24.6 Å². The lowest BCUT2D eigenvalue weighted by molar-refractivity contribution is -0.126. The zero-order chi connectivity index (χ0) is 20.3. The predicted octanol–water partition coefficient (Wildman–Crippen LogP) is 5.22. The Morgan fingerprint density at radius 2 is 1.86 bits per heavy atom. The van der Waals surface area contributed by atoms with Crippen molar-refractivity contribution in [3.05, 3.63) is 82.4 Å². The first-order valence-electron chi connectivity index (χ1n) is 8.80. The van der Waals surface area contributed by atoms with Crippen LogP contribution >= 0.6 is 23.2 Å². The maximum atomic E-state index is 12.8. The Labute approximate surface area is 174 Å². The maximum absolute atomic E-state index is 12.8.